The Morgan fingerprint density at radius 1 is 1.15 bits per heavy atom. The molecule has 2 saturated heterocycles. The number of piperidine rings is 1. The lowest BCUT2D eigenvalue weighted by Crippen LogP contribution is -2.44. The molecule has 2 aromatic rings. The highest BCUT2D eigenvalue weighted by Crippen LogP contribution is 2.46. The summed E-state index contributed by atoms with van der Waals surface area (Å²) >= 11 is 0. The summed E-state index contributed by atoms with van der Waals surface area (Å²) in [5.74, 6) is -0.658. The van der Waals surface area contributed by atoms with Crippen LogP contribution in [0.25, 0.3) is 0 Å². The molecule has 2 aliphatic rings. The van der Waals surface area contributed by atoms with Gasteiger partial charge in [-0.25, -0.2) is 0 Å². The summed E-state index contributed by atoms with van der Waals surface area (Å²) in [6.07, 6.45) is -3.04. The van der Waals surface area contributed by atoms with Gasteiger partial charge in [0, 0.05) is 30.9 Å². The Balaban J connectivity index is 1.55. The predicted octanol–water partition coefficient (Wildman–Crippen LogP) is 3.87. The third kappa shape index (κ3) is 4.45. The lowest BCUT2D eigenvalue weighted by Gasteiger charge is -2.39. The average Bonchev–Trinajstić information content (AvgIpc) is 3.17. The summed E-state index contributed by atoms with van der Waals surface area (Å²) in [6.45, 7) is 3.27. The van der Waals surface area contributed by atoms with Crippen LogP contribution >= 0.6 is 0 Å². The molecule has 9 heteroatoms. The maximum atomic E-state index is 13.5. The van der Waals surface area contributed by atoms with Crippen molar-refractivity contribution in [1.82, 2.24) is 4.90 Å². The van der Waals surface area contributed by atoms with Crippen LogP contribution in [-0.4, -0.2) is 42.4 Å². The standard InChI is InChI=1S/C25H25F3N4O2/c1-16-3-2-4-17(11-16)23(34)31-9-7-24(8-10-31)13-21(22(30)33)32(15-24)19-6-5-18(14-29)20(12-19)25(26,27)28/h2-6,11-12,21H,7-10,13,15H2,1H3,(H2,30,33). The van der Waals surface area contributed by atoms with Gasteiger partial charge in [0.05, 0.1) is 17.2 Å². The summed E-state index contributed by atoms with van der Waals surface area (Å²) in [6, 6.07) is 11.7. The number of alkyl halides is 3. The summed E-state index contributed by atoms with van der Waals surface area (Å²) in [4.78, 5) is 28.6. The van der Waals surface area contributed by atoms with Crippen molar-refractivity contribution < 1.29 is 22.8 Å². The summed E-state index contributed by atoms with van der Waals surface area (Å²) in [5, 5.41) is 9.07. The minimum absolute atomic E-state index is 0.0539. The van der Waals surface area contributed by atoms with E-state index >= 15 is 0 Å². The molecule has 4 rings (SSSR count). The normalized spacial score (nSPS) is 19.8. The third-order valence-corrected chi connectivity index (χ3v) is 6.97. The first-order valence-corrected chi connectivity index (χ1v) is 11.1. The van der Waals surface area contributed by atoms with Crippen LogP contribution in [0.1, 0.15) is 46.3 Å². The largest absolute Gasteiger partial charge is 0.417 e. The van der Waals surface area contributed by atoms with E-state index in [1.54, 1.807) is 21.9 Å². The molecule has 2 amide bonds. The van der Waals surface area contributed by atoms with Crippen molar-refractivity contribution in [1.29, 1.82) is 5.26 Å². The van der Waals surface area contributed by atoms with Crippen molar-refractivity contribution in [2.24, 2.45) is 11.1 Å². The number of anilines is 1. The number of carbonyl (C=O) groups excluding carboxylic acids is 2. The number of aryl methyl sites for hydroxylation is 1. The monoisotopic (exact) mass is 470 g/mol. The molecule has 2 heterocycles. The number of hydrogen-bond acceptors (Lipinski definition) is 4. The van der Waals surface area contributed by atoms with E-state index in [9.17, 15) is 22.8 Å². The molecule has 6 nitrogen and oxygen atoms in total. The molecule has 2 aromatic carbocycles. The maximum Gasteiger partial charge on any atom is 0.417 e. The highest BCUT2D eigenvalue weighted by atomic mass is 19.4. The number of amides is 2. The van der Waals surface area contributed by atoms with Gasteiger partial charge in [-0.05, 0) is 61.9 Å². The quantitative estimate of drug-likeness (QED) is 0.737. The minimum Gasteiger partial charge on any atom is -0.368 e. The molecular weight excluding hydrogens is 445 g/mol. The number of primary amides is 1. The van der Waals surface area contributed by atoms with Gasteiger partial charge < -0.3 is 15.5 Å². The molecule has 178 valence electrons. The molecule has 2 N–H and O–H groups in total. The molecule has 0 aliphatic carbocycles. The van der Waals surface area contributed by atoms with Crippen LogP contribution < -0.4 is 10.6 Å². The smallest absolute Gasteiger partial charge is 0.368 e. The second-order valence-corrected chi connectivity index (χ2v) is 9.25. The van der Waals surface area contributed by atoms with Crippen molar-refractivity contribution in [2.75, 3.05) is 24.5 Å². The van der Waals surface area contributed by atoms with Gasteiger partial charge in [-0.3, -0.25) is 9.59 Å². The zero-order chi connectivity index (χ0) is 24.7. The fraction of sp³-hybridized carbons (Fsp3) is 0.400. The van der Waals surface area contributed by atoms with E-state index in [-0.39, 0.29) is 17.0 Å². The number of nitrogens with two attached hydrogens (primary N) is 1. The van der Waals surface area contributed by atoms with E-state index in [2.05, 4.69) is 0 Å². The van der Waals surface area contributed by atoms with Crippen LogP contribution in [0.15, 0.2) is 42.5 Å². The van der Waals surface area contributed by atoms with Crippen LogP contribution in [0, 0.1) is 23.7 Å². The summed E-state index contributed by atoms with van der Waals surface area (Å²) in [7, 11) is 0. The zero-order valence-electron chi connectivity index (χ0n) is 18.7. The predicted molar refractivity (Wildman–Crippen MR) is 120 cm³/mol. The first kappa shape index (κ1) is 23.6. The number of rotatable bonds is 3. The summed E-state index contributed by atoms with van der Waals surface area (Å²) in [5.41, 5.74) is 5.63. The van der Waals surface area contributed by atoms with E-state index in [0.29, 0.717) is 44.5 Å². The minimum atomic E-state index is -4.69. The van der Waals surface area contributed by atoms with Crippen LogP contribution in [-0.2, 0) is 11.0 Å². The Morgan fingerprint density at radius 2 is 1.85 bits per heavy atom. The highest BCUT2D eigenvalue weighted by molar-refractivity contribution is 5.94. The van der Waals surface area contributed by atoms with Crippen molar-refractivity contribution in [3.05, 3.63) is 64.7 Å². The molecular formula is C25H25F3N4O2. The molecule has 1 unspecified atom stereocenters. The number of nitriles is 1. The van der Waals surface area contributed by atoms with Gasteiger partial charge in [0.2, 0.25) is 5.91 Å². The maximum absolute atomic E-state index is 13.5. The average molecular weight is 470 g/mol. The fourth-order valence-corrected chi connectivity index (χ4v) is 5.13. The fourth-order valence-electron chi connectivity index (χ4n) is 5.13. The van der Waals surface area contributed by atoms with Gasteiger partial charge in [-0.2, -0.15) is 18.4 Å². The molecule has 34 heavy (non-hydrogen) atoms. The number of benzene rings is 2. The van der Waals surface area contributed by atoms with Gasteiger partial charge in [-0.1, -0.05) is 17.7 Å². The van der Waals surface area contributed by atoms with Gasteiger partial charge in [0.25, 0.3) is 5.91 Å². The van der Waals surface area contributed by atoms with Gasteiger partial charge >= 0.3 is 6.18 Å². The summed E-state index contributed by atoms with van der Waals surface area (Å²) < 4.78 is 40.5. The van der Waals surface area contributed by atoms with Crippen molar-refractivity contribution in [3.63, 3.8) is 0 Å². The first-order chi connectivity index (χ1) is 16.0. The lowest BCUT2D eigenvalue weighted by atomic mass is 9.76. The molecule has 0 aromatic heterocycles. The van der Waals surface area contributed by atoms with E-state index < -0.39 is 29.3 Å². The number of likely N-dealkylation sites (tertiary alicyclic amines) is 1. The molecule has 2 aliphatic heterocycles. The SMILES string of the molecule is Cc1cccc(C(=O)N2CCC3(CC2)CC(C(N)=O)N(c2ccc(C#N)c(C(F)(F)F)c2)C3)c1. The number of halogens is 3. The Labute approximate surface area is 195 Å². The third-order valence-electron chi connectivity index (χ3n) is 6.97. The molecule has 1 spiro atoms. The van der Waals surface area contributed by atoms with Crippen LogP contribution in [0.4, 0.5) is 18.9 Å². The van der Waals surface area contributed by atoms with E-state index in [0.717, 1.165) is 17.7 Å². The number of hydrogen-bond donors (Lipinski definition) is 1. The second kappa shape index (κ2) is 8.67. The lowest BCUT2D eigenvalue weighted by molar-refractivity contribution is -0.137. The van der Waals surface area contributed by atoms with Crippen LogP contribution in [0.3, 0.4) is 0 Å². The number of carbonyl (C=O) groups is 2. The molecule has 1 atom stereocenters. The van der Waals surface area contributed by atoms with Crippen LogP contribution in [0.2, 0.25) is 0 Å². The van der Waals surface area contributed by atoms with E-state index in [4.69, 9.17) is 11.0 Å². The molecule has 2 fully saturated rings. The highest BCUT2D eigenvalue weighted by Gasteiger charge is 2.48. The van der Waals surface area contributed by atoms with Crippen LogP contribution in [0.5, 0.6) is 0 Å². The number of nitrogens with zero attached hydrogens (tertiary/aromatic N) is 3. The Morgan fingerprint density at radius 3 is 2.44 bits per heavy atom. The van der Waals surface area contributed by atoms with Crippen molar-refractivity contribution in [3.8, 4) is 6.07 Å². The van der Waals surface area contributed by atoms with Crippen molar-refractivity contribution in [2.45, 2.75) is 38.4 Å². The van der Waals surface area contributed by atoms with Gasteiger partial charge in [0.15, 0.2) is 0 Å². The Hall–Kier alpha value is -3.54. The second-order valence-electron chi connectivity index (χ2n) is 9.25. The first-order valence-electron chi connectivity index (χ1n) is 11.1. The Kier molecular flexibility index (Phi) is 6.02. The van der Waals surface area contributed by atoms with E-state index in [1.165, 1.54) is 6.07 Å². The molecule has 0 radical (unpaired) electrons. The molecule has 0 saturated carbocycles. The zero-order valence-corrected chi connectivity index (χ0v) is 18.7. The van der Waals surface area contributed by atoms with Gasteiger partial charge in [-0.15, -0.1) is 0 Å². The van der Waals surface area contributed by atoms with Gasteiger partial charge in [0.1, 0.15) is 6.04 Å². The molecule has 0 bridgehead atoms. The Bertz CT molecular complexity index is 1160. The topological polar surface area (TPSA) is 90.4 Å². The van der Waals surface area contributed by atoms with Crippen molar-refractivity contribution >= 4 is 17.5 Å². The van der Waals surface area contributed by atoms with E-state index in [1.807, 2.05) is 25.1 Å².